The number of thiazole rings is 1. The summed E-state index contributed by atoms with van der Waals surface area (Å²) in [6.45, 7) is 7.55. The molecule has 154 valence electrons. The number of hydrogen-bond donors (Lipinski definition) is 0. The highest BCUT2D eigenvalue weighted by Crippen LogP contribution is 2.31. The van der Waals surface area contributed by atoms with Crippen LogP contribution in [0.2, 0.25) is 0 Å². The Morgan fingerprint density at radius 3 is 2.76 bits per heavy atom. The SMILES string of the molecule is CCCCc1cc2c(=O)c(-c3nccs3)c(C)oc2cc1OC(C)C(=O)OCC. The van der Waals surface area contributed by atoms with Crippen LogP contribution in [-0.4, -0.2) is 23.7 Å². The Morgan fingerprint density at radius 1 is 1.31 bits per heavy atom. The molecule has 0 saturated carbocycles. The number of carbonyl (C=O) groups excluding carboxylic acids is 1. The van der Waals surface area contributed by atoms with E-state index < -0.39 is 12.1 Å². The summed E-state index contributed by atoms with van der Waals surface area (Å²) < 4.78 is 16.9. The van der Waals surface area contributed by atoms with Crippen LogP contribution in [-0.2, 0) is 16.0 Å². The molecule has 0 radical (unpaired) electrons. The minimum absolute atomic E-state index is 0.110. The van der Waals surface area contributed by atoms with Gasteiger partial charge in [0.25, 0.3) is 0 Å². The monoisotopic (exact) mass is 415 g/mol. The van der Waals surface area contributed by atoms with Gasteiger partial charge in [-0.05, 0) is 45.2 Å². The molecule has 29 heavy (non-hydrogen) atoms. The maximum atomic E-state index is 13.2. The van der Waals surface area contributed by atoms with Crippen molar-refractivity contribution < 1.29 is 18.7 Å². The van der Waals surface area contributed by atoms with Gasteiger partial charge >= 0.3 is 5.97 Å². The fraction of sp³-hybridized carbons (Fsp3) is 0.409. The van der Waals surface area contributed by atoms with Crippen LogP contribution in [0.3, 0.4) is 0 Å². The molecule has 0 saturated heterocycles. The molecular weight excluding hydrogens is 390 g/mol. The number of aromatic nitrogens is 1. The molecule has 0 fully saturated rings. The van der Waals surface area contributed by atoms with Gasteiger partial charge < -0.3 is 13.9 Å². The first-order chi connectivity index (χ1) is 14.0. The van der Waals surface area contributed by atoms with Gasteiger partial charge in [0.15, 0.2) is 6.10 Å². The summed E-state index contributed by atoms with van der Waals surface area (Å²) in [6, 6.07) is 3.52. The van der Waals surface area contributed by atoms with Crippen molar-refractivity contribution in [2.45, 2.75) is 53.1 Å². The lowest BCUT2D eigenvalue weighted by atomic mass is 10.0. The van der Waals surface area contributed by atoms with Gasteiger partial charge in [-0.25, -0.2) is 9.78 Å². The lowest BCUT2D eigenvalue weighted by Crippen LogP contribution is -2.26. The van der Waals surface area contributed by atoms with Crippen molar-refractivity contribution in [3.63, 3.8) is 0 Å². The number of unbranched alkanes of at least 4 members (excludes halogenated alkanes) is 1. The third kappa shape index (κ3) is 4.50. The van der Waals surface area contributed by atoms with Crippen LogP contribution >= 0.6 is 11.3 Å². The van der Waals surface area contributed by atoms with Crippen LogP contribution in [0.5, 0.6) is 5.75 Å². The minimum Gasteiger partial charge on any atom is -0.479 e. The number of esters is 1. The summed E-state index contributed by atoms with van der Waals surface area (Å²) in [5.74, 6) is 0.616. The van der Waals surface area contributed by atoms with Crippen LogP contribution in [0.4, 0.5) is 0 Å². The fourth-order valence-corrected chi connectivity index (χ4v) is 3.87. The molecule has 0 aliphatic rings. The quantitative estimate of drug-likeness (QED) is 0.487. The smallest absolute Gasteiger partial charge is 0.347 e. The third-order valence-electron chi connectivity index (χ3n) is 4.62. The average molecular weight is 416 g/mol. The molecule has 1 aromatic carbocycles. The first-order valence-corrected chi connectivity index (χ1v) is 10.7. The summed E-state index contributed by atoms with van der Waals surface area (Å²) in [5, 5.41) is 2.96. The molecule has 6 nitrogen and oxygen atoms in total. The number of ether oxygens (including phenoxy) is 2. The zero-order valence-electron chi connectivity index (χ0n) is 17.1. The Hall–Kier alpha value is -2.67. The van der Waals surface area contributed by atoms with Gasteiger partial charge in [0.05, 0.1) is 17.6 Å². The molecule has 0 aliphatic heterocycles. The third-order valence-corrected chi connectivity index (χ3v) is 5.41. The summed E-state index contributed by atoms with van der Waals surface area (Å²) >= 11 is 1.40. The molecule has 2 aromatic heterocycles. The molecule has 3 aromatic rings. The number of hydrogen-bond acceptors (Lipinski definition) is 7. The Kier molecular flexibility index (Phi) is 6.69. The highest BCUT2D eigenvalue weighted by molar-refractivity contribution is 7.13. The maximum Gasteiger partial charge on any atom is 0.347 e. The van der Waals surface area contributed by atoms with Crippen molar-refractivity contribution in [1.29, 1.82) is 0 Å². The van der Waals surface area contributed by atoms with E-state index in [2.05, 4.69) is 11.9 Å². The highest BCUT2D eigenvalue weighted by atomic mass is 32.1. The number of rotatable bonds is 8. The van der Waals surface area contributed by atoms with Gasteiger partial charge in [-0.3, -0.25) is 4.79 Å². The van der Waals surface area contributed by atoms with Gasteiger partial charge in [-0.15, -0.1) is 11.3 Å². The van der Waals surface area contributed by atoms with Crippen molar-refractivity contribution in [2.24, 2.45) is 0 Å². The van der Waals surface area contributed by atoms with E-state index in [-0.39, 0.29) is 5.43 Å². The zero-order valence-corrected chi connectivity index (χ0v) is 17.9. The van der Waals surface area contributed by atoms with E-state index in [1.165, 1.54) is 11.3 Å². The van der Waals surface area contributed by atoms with Gasteiger partial charge in [-0.2, -0.15) is 0 Å². The Labute approximate surface area is 173 Å². The predicted molar refractivity (Wildman–Crippen MR) is 114 cm³/mol. The average Bonchev–Trinajstić information content (AvgIpc) is 3.21. The van der Waals surface area contributed by atoms with E-state index in [1.54, 1.807) is 33.0 Å². The second-order valence-electron chi connectivity index (χ2n) is 6.77. The standard InChI is InChI=1S/C22H25NO5S/c1-5-7-8-15-11-16-18(12-17(15)28-14(4)22(25)26-6-2)27-13(3)19(20(16)24)21-23-9-10-29-21/h9-12,14H,5-8H2,1-4H3. The number of benzene rings is 1. The van der Waals surface area contributed by atoms with Crippen molar-refractivity contribution >= 4 is 28.3 Å². The molecule has 0 N–H and O–H groups in total. The van der Waals surface area contributed by atoms with E-state index in [0.29, 0.717) is 39.7 Å². The Morgan fingerprint density at radius 2 is 2.10 bits per heavy atom. The van der Waals surface area contributed by atoms with Gasteiger partial charge in [-0.1, -0.05) is 13.3 Å². The maximum absolute atomic E-state index is 13.2. The molecule has 7 heteroatoms. The second kappa shape index (κ2) is 9.22. The van der Waals surface area contributed by atoms with Crippen LogP contribution in [0.25, 0.3) is 21.5 Å². The van der Waals surface area contributed by atoms with Gasteiger partial charge in [0, 0.05) is 17.6 Å². The topological polar surface area (TPSA) is 78.6 Å². The van der Waals surface area contributed by atoms with E-state index in [4.69, 9.17) is 13.9 Å². The number of fused-ring (bicyclic) bond motifs is 1. The molecule has 0 amide bonds. The number of carbonyl (C=O) groups is 1. The van der Waals surface area contributed by atoms with Crippen molar-refractivity contribution in [2.75, 3.05) is 6.61 Å². The lowest BCUT2D eigenvalue weighted by Gasteiger charge is -2.17. The van der Waals surface area contributed by atoms with Crippen molar-refractivity contribution in [1.82, 2.24) is 4.98 Å². The summed E-state index contributed by atoms with van der Waals surface area (Å²) in [6.07, 6.45) is 3.58. The first kappa shape index (κ1) is 21.0. The first-order valence-electron chi connectivity index (χ1n) is 9.79. The van der Waals surface area contributed by atoms with Crippen LogP contribution in [0.1, 0.15) is 44.9 Å². The normalized spacial score (nSPS) is 12.1. The molecule has 0 aliphatic carbocycles. The number of aryl methyl sites for hydroxylation is 2. The lowest BCUT2D eigenvalue weighted by molar-refractivity contribution is -0.150. The van der Waals surface area contributed by atoms with E-state index in [9.17, 15) is 9.59 Å². The number of nitrogens with zero attached hydrogens (tertiary/aromatic N) is 1. The van der Waals surface area contributed by atoms with E-state index in [1.807, 2.05) is 11.4 Å². The van der Waals surface area contributed by atoms with Gasteiger partial charge in [0.1, 0.15) is 22.1 Å². The summed E-state index contributed by atoms with van der Waals surface area (Å²) in [4.78, 5) is 29.4. The molecule has 1 unspecified atom stereocenters. The minimum atomic E-state index is -0.754. The Bertz CT molecular complexity index is 1060. The highest BCUT2D eigenvalue weighted by Gasteiger charge is 2.21. The summed E-state index contributed by atoms with van der Waals surface area (Å²) in [7, 11) is 0. The molecule has 3 rings (SSSR count). The summed E-state index contributed by atoms with van der Waals surface area (Å²) in [5.41, 5.74) is 1.68. The van der Waals surface area contributed by atoms with Gasteiger partial charge in [0.2, 0.25) is 5.43 Å². The molecule has 2 heterocycles. The van der Waals surface area contributed by atoms with E-state index in [0.717, 1.165) is 24.8 Å². The molecular formula is C22H25NO5S. The van der Waals surface area contributed by atoms with Crippen LogP contribution in [0, 0.1) is 6.92 Å². The van der Waals surface area contributed by atoms with Crippen molar-refractivity contribution in [3.05, 3.63) is 45.3 Å². The van der Waals surface area contributed by atoms with Crippen molar-refractivity contribution in [3.8, 4) is 16.3 Å². The second-order valence-corrected chi connectivity index (χ2v) is 7.67. The van der Waals surface area contributed by atoms with E-state index >= 15 is 0 Å². The Balaban J connectivity index is 2.11. The molecule has 0 spiro atoms. The molecule has 1 atom stereocenters. The van der Waals surface area contributed by atoms with Crippen LogP contribution in [0.15, 0.2) is 32.9 Å². The largest absolute Gasteiger partial charge is 0.479 e. The predicted octanol–water partition coefficient (Wildman–Crippen LogP) is 4.90. The zero-order chi connectivity index (χ0) is 21.0. The molecule has 0 bridgehead atoms. The fourth-order valence-electron chi connectivity index (χ4n) is 3.14. The van der Waals surface area contributed by atoms with Crippen LogP contribution < -0.4 is 10.2 Å².